The summed E-state index contributed by atoms with van der Waals surface area (Å²) >= 11 is 6.19. The van der Waals surface area contributed by atoms with E-state index in [1.807, 2.05) is 0 Å². The van der Waals surface area contributed by atoms with Crippen molar-refractivity contribution in [3.05, 3.63) is 76.9 Å². The summed E-state index contributed by atoms with van der Waals surface area (Å²) in [5.74, 6) is -1.01. The summed E-state index contributed by atoms with van der Waals surface area (Å²) < 4.78 is 5.39. The highest BCUT2D eigenvalue weighted by Gasteiger charge is 2.15. The van der Waals surface area contributed by atoms with Crippen LogP contribution in [0.1, 0.15) is 20.7 Å². The molecular weight excluding hydrogens is 368 g/mol. The number of carboxylic acids is 1. The number of rotatable bonds is 5. The minimum atomic E-state index is -1.07. The molecule has 0 unspecified atom stereocenters. The van der Waals surface area contributed by atoms with E-state index in [9.17, 15) is 9.59 Å². The third kappa shape index (κ3) is 4.07. The minimum Gasteiger partial charge on any atom is -0.496 e. The molecule has 0 saturated carbocycles. The number of carbonyl (C=O) groups excluding carboxylic acids is 1. The number of hydrogen-bond acceptors (Lipinski definition) is 4. The molecule has 0 bridgehead atoms. The first kappa shape index (κ1) is 18.4. The molecule has 7 heteroatoms. The molecule has 2 aromatic carbocycles. The summed E-state index contributed by atoms with van der Waals surface area (Å²) in [5.41, 5.74) is 2.04. The van der Waals surface area contributed by atoms with Crippen LogP contribution in [0.4, 0.5) is 5.69 Å². The Morgan fingerprint density at radius 3 is 2.59 bits per heavy atom. The lowest BCUT2D eigenvalue weighted by molar-refractivity contribution is 0.0696. The van der Waals surface area contributed by atoms with Crippen LogP contribution in [-0.4, -0.2) is 29.1 Å². The fourth-order valence-electron chi connectivity index (χ4n) is 2.55. The van der Waals surface area contributed by atoms with Gasteiger partial charge in [0.05, 0.1) is 23.4 Å². The second kappa shape index (κ2) is 7.88. The predicted octanol–water partition coefficient (Wildman–Crippen LogP) is 4.36. The number of halogens is 1. The average Bonchev–Trinajstić information content (AvgIpc) is 2.68. The molecule has 3 rings (SSSR count). The molecular formula is C20H15ClN2O4. The summed E-state index contributed by atoms with van der Waals surface area (Å²) in [6.45, 7) is 0. The molecule has 0 fully saturated rings. The number of carboxylic acid groups (broad SMARTS) is 1. The van der Waals surface area contributed by atoms with Crippen molar-refractivity contribution in [2.45, 2.75) is 0 Å². The molecule has 6 nitrogen and oxygen atoms in total. The number of pyridine rings is 1. The van der Waals surface area contributed by atoms with Crippen LogP contribution in [0.5, 0.6) is 5.75 Å². The van der Waals surface area contributed by atoms with Gasteiger partial charge in [0.25, 0.3) is 5.91 Å². The zero-order chi connectivity index (χ0) is 19.4. The van der Waals surface area contributed by atoms with Gasteiger partial charge < -0.3 is 15.2 Å². The van der Waals surface area contributed by atoms with E-state index in [2.05, 4.69) is 10.3 Å². The van der Waals surface area contributed by atoms with Crippen molar-refractivity contribution in [2.75, 3.05) is 12.4 Å². The van der Waals surface area contributed by atoms with Crippen LogP contribution in [-0.2, 0) is 0 Å². The Kier molecular flexibility index (Phi) is 5.38. The van der Waals surface area contributed by atoms with Crippen molar-refractivity contribution in [1.29, 1.82) is 0 Å². The van der Waals surface area contributed by atoms with E-state index in [0.717, 1.165) is 0 Å². The van der Waals surface area contributed by atoms with Crippen molar-refractivity contribution in [3.63, 3.8) is 0 Å². The molecule has 1 heterocycles. The van der Waals surface area contributed by atoms with Gasteiger partial charge in [-0.05, 0) is 48.5 Å². The summed E-state index contributed by atoms with van der Waals surface area (Å²) in [6, 6.07) is 14.4. The molecule has 0 aliphatic heterocycles. The molecule has 3 aromatic rings. The van der Waals surface area contributed by atoms with Crippen molar-refractivity contribution < 1.29 is 19.4 Å². The maximum absolute atomic E-state index is 12.5. The van der Waals surface area contributed by atoms with Gasteiger partial charge in [-0.1, -0.05) is 17.7 Å². The standard InChI is InChI=1S/C20H15ClN2O4/c1-27-17-11-12(7-8-15(17)18-16(21)6-3-9-22-18)19(24)23-14-5-2-4-13(10-14)20(25)26/h2-11H,1H3,(H,23,24)(H,25,26). The minimum absolute atomic E-state index is 0.0884. The van der Waals surface area contributed by atoms with Crippen molar-refractivity contribution in [1.82, 2.24) is 4.98 Å². The van der Waals surface area contributed by atoms with Gasteiger partial charge in [-0.2, -0.15) is 0 Å². The van der Waals surface area contributed by atoms with Crippen molar-refractivity contribution in [2.24, 2.45) is 0 Å². The first-order valence-electron chi connectivity index (χ1n) is 7.93. The molecule has 1 amide bonds. The van der Waals surface area contributed by atoms with Gasteiger partial charge in [0.15, 0.2) is 0 Å². The Morgan fingerprint density at radius 2 is 1.89 bits per heavy atom. The fraction of sp³-hybridized carbons (Fsp3) is 0.0500. The lowest BCUT2D eigenvalue weighted by Gasteiger charge is -2.12. The van der Waals surface area contributed by atoms with E-state index in [1.54, 1.807) is 48.7 Å². The van der Waals surface area contributed by atoms with E-state index in [4.69, 9.17) is 21.4 Å². The summed E-state index contributed by atoms with van der Waals surface area (Å²) in [5, 5.41) is 12.2. The van der Waals surface area contributed by atoms with Crippen LogP contribution in [0, 0.1) is 0 Å². The lowest BCUT2D eigenvalue weighted by atomic mass is 10.1. The molecule has 0 aliphatic carbocycles. The summed E-state index contributed by atoms with van der Waals surface area (Å²) in [7, 11) is 1.49. The zero-order valence-electron chi connectivity index (χ0n) is 14.3. The number of hydrogen-bond donors (Lipinski definition) is 2. The van der Waals surface area contributed by atoms with Gasteiger partial charge in [-0.25, -0.2) is 4.79 Å². The average molecular weight is 383 g/mol. The van der Waals surface area contributed by atoms with Crippen LogP contribution in [0.3, 0.4) is 0 Å². The van der Waals surface area contributed by atoms with Gasteiger partial charge in [0.2, 0.25) is 0 Å². The zero-order valence-corrected chi connectivity index (χ0v) is 15.0. The number of ether oxygens (including phenoxy) is 1. The van der Waals surface area contributed by atoms with Crippen LogP contribution in [0.15, 0.2) is 60.8 Å². The predicted molar refractivity (Wildman–Crippen MR) is 103 cm³/mol. The van der Waals surface area contributed by atoms with Gasteiger partial charge in [-0.15, -0.1) is 0 Å². The van der Waals surface area contributed by atoms with Crippen LogP contribution < -0.4 is 10.1 Å². The van der Waals surface area contributed by atoms with E-state index in [1.165, 1.54) is 19.2 Å². The molecule has 0 spiro atoms. The molecule has 2 N–H and O–H groups in total. The molecule has 0 radical (unpaired) electrons. The van der Waals surface area contributed by atoms with Crippen LogP contribution in [0.2, 0.25) is 5.02 Å². The number of nitrogens with one attached hydrogen (secondary N) is 1. The third-order valence-corrected chi connectivity index (χ3v) is 4.15. The number of aromatic carboxylic acids is 1. The van der Waals surface area contributed by atoms with Gasteiger partial charge in [-0.3, -0.25) is 9.78 Å². The Bertz CT molecular complexity index is 1020. The SMILES string of the molecule is COc1cc(C(=O)Nc2cccc(C(=O)O)c2)ccc1-c1ncccc1Cl. The number of amides is 1. The van der Waals surface area contributed by atoms with E-state index < -0.39 is 11.9 Å². The topological polar surface area (TPSA) is 88.5 Å². The van der Waals surface area contributed by atoms with Crippen LogP contribution >= 0.6 is 11.6 Å². The maximum atomic E-state index is 12.5. The molecule has 0 atom stereocenters. The third-order valence-electron chi connectivity index (χ3n) is 3.84. The molecule has 136 valence electrons. The monoisotopic (exact) mass is 382 g/mol. The van der Waals surface area contributed by atoms with Gasteiger partial charge in [0.1, 0.15) is 5.75 Å². The Hall–Kier alpha value is -3.38. The highest BCUT2D eigenvalue weighted by atomic mass is 35.5. The first-order chi connectivity index (χ1) is 13.0. The van der Waals surface area contributed by atoms with Gasteiger partial charge in [0, 0.05) is 23.0 Å². The number of anilines is 1. The fourth-order valence-corrected chi connectivity index (χ4v) is 2.77. The normalized spacial score (nSPS) is 10.3. The second-order valence-corrected chi connectivity index (χ2v) is 6.00. The number of methoxy groups -OCH3 is 1. The summed E-state index contributed by atoms with van der Waals surface area (Å²) in [4.78, 5) is 27.8. The smallest absolute Gasteiger partial charge is 0.335 e. The maximum Gasteiger partial charge on any atom is 0.335 e. The highest BCUT2D eigenvalue weighted by molar-refractivity contribution is 6.33. The molecule has 0 aliphatic rings. The van der Waals surface area contributed by atoms with E-state index in [0.29, 0.717) is 33.3 Å². The lowest BCUT2D eigenvalue weighted by Crippen LogP contribution is -2.12. The molecule has 1 aromatic heterocycles. The Morgan fingerprint density at radius 1 is 1.07 bits per heavy atom. The van der Waals surface area contributed by atoms with Crippen molar-refractivity contribution >= 4 is 29.2 Å². The number of carbonyl (C=O) groups is 2. The number of benzene rings is 2. The quantitative estimate of drug-likeness (QED) is 0.684. The second-order valence-electron chi connectivity index (χ2n) is 5.59. The largest absolute Gasteiger partial charge is 0.496 e. The first-order valence-corrected chi connectivity index (χ1v) is 8.31. The summed E-state index contributed by atoms with van der Waals surface area (Å²) in [6.07, 6.45) is 1.62. The molecule has 0 saturated heterocycles. The number of nitrogens with zero attached hydrogens (tertiary/aromatic N) is 1. The Labute approximate surface area is 160 Å². The van der Waals surface area contributed by atoms with Crippen LogP contribution in [0.25, 0.3) is 11.3 Å². The molecule has 27 heavy (non-hydrogen) atoms. The van der Waals surface area contributed by atoms with Crippen molar-refractivity contribution in [3.8, 4) is 17.0 Å². The number of aromatic nitrogens is 1. The highest BCUT2D eigenvalue weighted by Crippen LogP contribution is 2.33. The van der Waals surface area contributed by atoms with Gasteiger partial charge >= 0.3 is 5.97 Å². The van der Waals surface area contributed by atoms with E-state index in [-0.39, 0.29) is 5.56 Å². The van der Waals surface area contributed by atoms with E-state index >= 15 is 0 Å². The Balaban J connectivity index is 1.89.